The molecule has 0 saturated carbocycles. The van der Waals surface area contributed by atoms with Gasteiger partial charge in [0.15, 0.2) is 0 Å². The molecule has 0 unspecified atom stereocenters. The van der Waals surface area contributed by atoms with Crippen LogP contribution in [-0.4, -0.2) is 49.9 Å². The van der Waals surface area contributed by atoms with Gasteiger partial charge < -0.3 is 10.1 Å². The van der Waals surface area contributed by atoms with Crippen LogP contribution in [0, 0.1) is 11.8 Å². The van der Waals surface area contributed by atoms with E-state index in [1.807, 2.05) is 30.3 Å². The van der Waals surface area contributed by atoms with Crippen LogP contribution in [0.2, 0.25) is 0 Å². The third-order valence-corrected chi connectivity index (χ3v) is 6.88. The van der Waals surface area contributed by atoms with Crippen LogP contribution in [0.15, 0.2) is 65.7 Å². The molecule has 8 heteroatoms. The molecule has 0 radical (unpaired) electrons. The summed E-state index contributed by atoms with van der Waals surface area (Å²) in [6.07, 6.45) is 1.71. The molecule has 1 heterocycles. The van der Waals surface area contributed by atoms with Gasteiger partial charge >= 0.3 is 0 Å². The van der Waals surface area contributed by atoms with Gasteiger partial charge in [-0.3, -0.25) is 9.78 Å². The van der Waals surface area contributed by atoms with Gasteiger partial charge in [-0.15, -0.1) is 0 Å². The highest BCUT2D eigenvalue weighted by molar-refractivity contribution is 7.89. The van der Waals surface area contributed by atoms with Gasteiger partial charge in [0.05, 0.1) is 11.4 Å². The number of sulfonamides is 1. The van der Waals surface area contributed by atoms with Crippen LogP contribution < -0.4 is 10.1 Å². The molecule has 7 nitrogen and oxygen atoms in total. The molecule has 0 spiro atoms. The molecular weight excluding hydrogens is 426 g/mol. The minimum atomic E-state index is -3.55. The molecule has 2 aromatic carbocycles. The lowest BCUT2D eigenvalue weighted by molar-refractivity contribution is 0.0958. The zero-order valence-corrected chi connectivity index (χ0v) is 18.9. The summed E-state index contributed by atoms with van der Waals surface area (Å²) in [4.78, 5) is 16.8. The monoisotopic (exact) mass is 451 g/mol. The van der Waals surface area contributed by atoms with Gasteiger partial charge in [-0.25, -0.2) is 8.42 Å². The number of aromatic nitrogens is 1. The Bertz CT molecular complexity index is 1240. The lowest BCUT2D eigenvalue weighted by atomic mass is 10.2. The van der Waals surface area contributed by atoms with Gasteiger partial charge in [0.25, 0.3) is 5.91 Å². The van der Waals surface area contributed by atoms with Crippen LogP contribution in [0.1, 0.15) is 24.2 Å². The number of pyridine rings is 1. The molecule has 3 aromatic rings. The highest BCUT2D eigenvalue weighted by atomic mass is 32.2. The second kappa shape index (κ2) is 10.8. The Morgan fingerprint density at radius 2 is 1.75 bits per heavy atom. The molecule has 32 heavy (non-hydrogen) atoms. The predicted molar refractivity (Wildman–Crippen MR) is 124 cm³/mol. The fraction of sp³-hybridized carbons (Fsp3) is 0.250. The van der Waals surface area contributed by atoms with E-state index in [2.05, 4.69) is 22.1 Å². The summed E-state index contributed by atoms with van der Waals surface area (Å²) in [6.45, 7) is 4.67. The molecule has 1 aromatic heterocycles. The first-order valence-corrected chi connectivity index (χ1v) is 11.7. The molecule has 1 amide bonds. The maximum absolute atomic E-state index is 12.5. The standard InChI is InChI=1S/C24H25N3O4S/c1-3-27(4-2)32(29,30)21-14-12-20(13-15-21)24(28)26-16-5-6-18-31-22-11-7-9-19-10-8-17-25-23(19)22/h7-15,17H,3-4,16,18H2,1-2H3,(H,26,28). The first kappa shape index (κ1) is 23.3. The van der Waals surface area contributed by atoms with E-state index in [0.29, 0.717) is 24.4 Å². The van der Waals surface area contributed by atoms with E-state index in [9.17, 15) is 13.2 Å². The lowest BCUT2D eigenvalue weighted by Gasteiger charge is -2.18. The SMILES string of the molecule is CCN(CC)S(=O)(=O)c1ccc(C(=O)NCC#CCOc2cccc3cccnc23)cc1. The summed E-state index contributed by atoms with van der Waals surface area (Å²) < 4.78 is 32.1. The van der Waals surface area contributed by atoms with Crippen molar-refractivity contribution in [1.82, 2.24) is 14.6 Å². The van der Waals surface area contributed by atoms with Crippen LogP contribution >= 0.6 is 0 Å². The van der Waals surface area contributed by atoms with E-state index in [1.54, 1.807) is 20.0 Å². The fourth-order valence-electron chi connectivity index (χ4n) is 3.14. The molecule has 0 aliphatic rings. The Morgan fingerprint density at radius 1 is 1.03 bits per heavy atom. The zero-order chi connectivity index (χ0) is 23.0. The molecule has 0 aliphatic carbocycles. The topological polar surface area (TPSA) is 88.6 Å². The summed E-state index contributed by atoms with van der Waals surface area (Å²) >= 11 is 0. The first-order chi connectivity index (χ1) is 15.5. The van der Waals surface area contributed by atoms with Crippen LogP contribution in [0.25, 0.3) is 10.9 Å². The van der Waals surface area contributed by atoms with Crippen LogP contribution in [0.4, 0.5) is 0 Å². The summed E-state index contributed by atoms with van der Waals surface area (Å²) in [5.74, 6) is 6.03. The van der Waals surface area contributed by atoms with Crippen molar-refractivity contribution in [3.05, 3.63) is 66.4 Å². The number of hydrogen-bond donors (Lipinski definition) is 1. The highest BCUT2D eigenvalue weighted by Gasteiger charge is 2.21. The van der Waals surface area contributed by atoms with Crippen molar-refractivity contribution in [1.29, 1.82) is 0 Å². The molecule has 0 fully saturated rings. The van der Waals surface area contributed by atoms with Crippen molar-refractivity contribution >= 4 is 26.8 Å². The van der Waals surface area contributed by atoms with Gasteiger partial charge in [-0.1, -0.05) is 43.9 Å². The summed E-state index contributed by atoms with van der Waals surface area (Å²) in [5, 5.41) is 3.68. The van der Waals surface area contributed by atoms with Crippen molar-refractivity contribution in [3.63, 3.8) is 0 Å². The summed E-state index contributed by atoms with van der Waals surface area (Å²) in [7, 11) is -3.55. The molecule has 0 atom stereocenters. The van der Waals surface area contributed by atoms with E-state index in [0.717, 1.165) is 10.9 Å². The number of para-hydroxylation sites is 1. The molecule has 0 bridgehead atoms. The Balaban J connectivity index is 1.52. The summed E-state index contributed by atoms with van der Waals surface area (Å²) in [6, 6.07) is 15.4. The maximum atomic E-state index is 12.5. The van der Waals surface area contributed by atoms with Gasteiger partial charge in [0, 0.05) is 30.2 Å². The Kier molecular flexibility index (Phi) is 7.82. The smallest absolute Gasteiger partial charge is 0.252 e. The molecule has 0 saturated heterocycles. The minimum Gasteiger partial charge on any atom is -0.479 e. The number of nitrogens with zero attached hydrogens (tertiary/aromatic N) is 2. The Hall–Kier alpha value is -3.41. The normalized spacial score (nSPS) is 11.1. The second-order valence-corrected chi connectivity index (χ2v) is 8.71. The molecular formula is C24H25N3O4S. The average molecular weight is 452 g/mol. The van der Waals surface area contributed by atoms with Gasteiger partial charge in [-0.05, 0) is 36.4 Å². The minimum absolute atomic E-state index is 0.148. The number of nitrogens with one attached hydrogen (secondary N) is 1. The van der Waals surface area contributed by atoms with E-state index < -0.39 is 10.0 Å². The van der Waals surface area contributed by atoms with Crippen molar-refractivity contribution in [2.75, 3.05) is 26.2 Å². The average Bonchev–Trinajstić information content (AvgIpc) is 2.82. The number of amides is 1. The first-order valence-electron chi connectivity index (χ1n) is 10.3. The van der Waals surface area contributed by atoms with Crippen LogP contribution in [-0.2, 0) is 10.0 Å². The third-order valence-electron chi connectivity index (χ3n) is 4.82. The van der Waals surface area contributed by atoms with Gasteiger partial charge in [-0.2, -0.15) is 4.31 Å². The van der Waals surface area contributed by atoms with Gasteiger partial charge in [0.1, 0.15) is 17.9 Å². The third kappa shape index (κ3) is 5.44. The van der Waals surface area contributed by atoms with Gasteiger partial charge in [0.2, 0.25) is 10.0 Å². The van der Waals surface area contributed by atoms with E-state index in [-0.39, 0.29) is 24.0 Å². The van der Waals surface area contributed by atoms with Crippen LogP contribution in [0.5, 0.6) is 5.75 Å². The predicted octanol–water partition coefficient (Wildman–Crippen LogP) is 3.08. The van der Waals surface area contributed by atoms with Crippen molar-refractivity contribution in [3.8, 4) is 17.6 Å². The largest absolute Gasteiger partial charge is 0.479 e. The summed E-state index contributed by atoms with van der Waals surface area (Å²) in [5.41, 5.74) is 1.14. The molecule has 3 rings (SSSR count). The quantitative estimate of drug-likeness (QED) is 0.532. The van der Waals surface area contributed by atoms with Crippen molar-refractivity contribution in [2.45, 2.75) is 18.7 Å². The Morgan fingerprint density at radius 3 is 2.47 bits per heavy atom. The second-order valence-electron chi connectivity index (χ2n) is 6.77. The fourth-order valence-corrected chi connectivity index (χ4v) is 4.60. The number of rotatable bonds is 8. The van der Waals surface area contributed by atoms with Crippen molar-refractivity contribution < 1.29 is 17.9 Å². The number of hydrogen-bond acceptors (Lipinski definition) is 5. The van der Waals surface area contributed by atoms with E-state index in [1.165, 1.54) is 28.6 Å². The van der Waals surface area contributed by atoms with Crippen LogP contribution in [0.3, 0.4) is 0 Å². The Labute approximate surface area is 188 Å². The number of ether oxygens (including phenoxy) is 1. The van der Waals surface area contributed by atoms with E-state index in [4.69, 9.17) is 4.74 Å². The molecule has 166 valence electrons. The maximum Gasteiger partial charge on any atom is 0.252 e. The molecule has 0 aliphatic heterocycles. The van der Waals surface area contributed by atoms with Crippen molar-refractivity contribution in [2.24, 2.45) is 0 Å². The lowest BCUT2D eigenvalue weighted by Crippen LogP contribution is -2.30. The molecule has 1 N–H and O–H groups in total. The number of benzene rings is 2. The van der Waals surface area contributed by atoms with E-state index >= 15 is 0 Å². The number of carbonyl (C=O) groups is 1. The highest BCUT2D eigenvalue weighted by Crippen LogP contribution is 2.22. The number of carbonyl (C=O) groups excluding carboxylic acids is 1. The zero-order valence-electron chi connectivity index (χ0n) is 18.0. The number of fused-ring (bicyclic) bond motifs is 1.